The van der Waals surface area contributed by atoms with Crippen LogP contribution in [0.25, 0.3) is 0 Å². The van der Waals surface area contributed by atoms with Gasteiger partial charge in [-0.1, -0.05) is 0 Å². The van der Waals surface area contributed by atoms with E-state index in [1.807, 2.05) is 6.07 Å². The summed E-state index contributed by atoms with van der Waals surface area (Å²) in [5.74, 6) is 0.740. The van der Waals surface area contributed by atoms with Crippen molar-refractivity contribution >= 4 is 28.0 Å². The predicted molar refractivity (Wildman–Crippen MR) is 102 cm³/mol. The van der Waals surface area contributed by atoms with Crippen LogP contribution < -0.4 is 4.90 Å². The van der Waals surface area contributed by atoms with Crippen molar-refractivity contribution in [2.75, 3.05) is 37.9 Å². The zero-order valence-electron chi connectivity index (χ0n) is 14.9. The molecular formula is C17H26ClN3O4S. The molecule has 1 atom stereocenters. The first kappa shape index (κ1) is 18.7. The summed E-state index contributed by atoms with van der Waals surface area (Å²) in [6.07, 6.45) is 2.79. The summed E-state index contributed by atoms with van der Waals surface area (Å²) in [6.45, 7) is 5.26. The van der Waals surface area contributed by atoms with Crippen LogP contribution in [0.3, 0.4) is 0 Å². The Hall–Kier alpha value is -0.640. The monoisotopic (exact) mass is 403 g/mol. The highest BCUT2D eigenvalue weighted by atomic mass is 35.5. The summed E-state index contributed by atoms with van der Waals surface area (Å²) in [5.41, 5.74) is 0.665. The molecular weight excluding hydrogens is 378 g/mol. The van der Waals surface area contributed by atoms with Crippen molar-refractivity contribution in [1.82, 2.24) is 9.97 Å². The van der Waals surface area contributed by atoms with Gasteiger partial charge in [0.1, 0.15) is 10.6 Å². The van der Waals surface area contributed by atoms with Crippen LogP contribution in [0.5, 0.6) is 0 Å². The van der Waals surface area contributed by atoms with Crippen LogP contribution >= 0.6 is 22.2 Å². The predicted octanol–water partition coefficient (Wildman–Crippen LogP) is 3.27. The average molecular weight is 404 g/mol. The van der Waals surface area contributed by atoms with Gasteiger partial charge in [-0.05, 0) is 44.2 Å². The smallest absolute Gasteiger partial charge is 0.224 e. The fourth-order valence-corrected chi connectivity index (χ4v) is 6.78. The van der Waals surface area contributed by atoms with Gasteiger partial charge in [-0.25, -0.2) is 9.97 Å². The van der Waals surface area contributed by atoms with Gasteiger partial charge in [-0.15, -0.1) is 0 Å². The van der Waals surface area contributed by atoms with E-state index in [2.05, 4.69) is 21.8 Å². The molecule has 0 amide bonds. The SMILES string of the molecule is C[C@H]1COCCN1c1cc(C2(S(O)(O)C3CCOCC3)CC2)nc(Cl)n1. The minimum atomic E-state index is -2.85. The number of halogens is 1. The minimum absolute atomic E-state index is 0.141. The zero-order valence-corrected chi connectivity index (χ0v) is 16.5. The van der Waals surface area contributed by atoms with Crippen LogP contribution in [-0.2, 0) is 14.2 Å². The highest BCUT2D eigenvalue weighted by Gasteiger charge is 2.59. The fraction of sp³-hybridized carbons (Fsp3) is 0.765. The van der Waals surface area contributed by atoms with E-state index >= 15 is 0 Å². The summed E-state index contributed by atoms with van der Waals surface area (Å²) < 4.78 is 32.5. The normalized spacial score (nSPS) is 27.4. The Balaban J connectivity index is 1.66. The maximum atomic E-state index is 11.2. The Kier molecular flexibility index (Phi) is 5.09. The van der Waals surface area contributed by atoms with Crippen molar-refractivity contribution in [1.29, 1.82) is 0 Å². The molecule has 0 unspecified atom stereocenters. The molecule has 3 aliphatic rings. The van der Waals surface area contributed by atoms with Crippen LogP contribution in [0, 0.1) is 0 Å². The van der Waals surface area contributed by atoms with Crippen LogP contribution in [0.15, 0.2) is 6.07 Å². The Labute approximate surface area is 160 Å². The molecule has 0 aromatic carbocycles. The first-order chi connectivity index (χ1) is 12.4. The van der Waals surface area contributed by atoms with Crippen molar-refractivity contribution in [3.05, 3.63) is 17.0 Å². The number of ether oxygens (including phenoxy) is 2. The number of aromatic nitrogens is 2. The number of rotatable bonds is 4. The van der Waals surface area contributed by atoms with E-state index in [0.717, 1.165) is 25.2 Å². The third-order valence-electron chi connectivity index (χ3n) is 5.73. The first-order valence-corrected chi connectivity index (χ1v) is 11.2. The number of morpholine rings is 1. The van der Waals surface area contributed by atoms with E-state index in [9.17, 15) is 9.11 Å². The van der Waals surface area contributed by atoms with E-state index in [1.165, 1.54) is 0 Å². The van der Waals surface area contributed by atoms with Crippen LogP contribution in [0.2, 0.25) is 5.28 Å². The molecule has 1 saturated carbocycles. The third kappa shape index (κ3) is 3.21. The van der Waals surface area contributed by atoms with E-state index in [4.69, 9.17) is 21.1 Å². The Morgan fingerprint density at radius 2 is 1.92 bits per heavy atom. The van der Waals surface area contributed by atoms with Gasteiger partial charge in [0.25, 0.3) is 0 Å². The molecule has 1 aromatic heterocycles. The van der Waals surface area contributed by atoms with E-state index < -0.39 is 15.3 Å². The second-order valence-electron chi connectivity index (χ2n) is 7.40. The summed E-state index contributed by atoms with van der Waals surface area (Å²) in [7, 11) is -2.85. The summed E-state index contributed by atoms with van der Waals surface area (Å²) in [6, 6.07) is 2.09. The average Bonchev–Trinajstić information content (AvgIpc) is 3.45. The third-order valence-corrected chi connectivity index (χ3v) is 9.06. The topological polar surface area (TPSA) is 87.9 Å². The van der Waals surface area contributed by atoms with E-state index in [0.29, 0.717) is 45.0 Å². The Bertz CT molecular complexity index is 667. The number of hydrogen-bond donors (Lipinski definition) is 2. The van der Waals surface area contributed by atoms with Gasteiger partial charge in [-0.2, -0.15) is 10.6 Å². The maximum absolute atomic E-state index is 11.2. The Morgan fingerprint density at radius 3 is 2.58 bits per heavy atom. The van der Waals surface area contributed by atoms with E-state index in [-0.39, 0.29) is 16.6 Å². The molecule has 146 valence electrons. The standard InChI is InChI=1S/C17H26ClN3O4S/c1-12-11-25-9-6-21(12)15-10-14(19-16(18)20-15)17(4-5-17)26(22,23)13-2-7-24-8-3-13/h10,12-13,22-23H,2-9,11H2,1H3/t12-/m0/s1. The highest BCUT2D eigenvalue weighted by molar-refractivity contribution is 8.25. The van der Waals surface area contributed by atoms with Gasteiger partial charge in [0.05, 0.1) is 30.2 Å². The number of anilines is 1. The lowest BCUT2D eigenvalue weighted by atomic mass is 10.2. The summed E-state index contributed by atoms with van der Waals surface area (Å²) >= 11 is 6.23. The molecule has 7 nitrogen and oxygen atoms in total. The first-order valence-electron chi connectivity index (χ1n) is 9.18. The van der Waals surface area contributed by atoms with Gasteiger partial charge in [0, 0.05) is 25.8 Å². The highest BCUT2D eigenvalue weighted by Crippen LogP contribution is 2.74. The molecule has 1 aliphatic carbocycles. The van der Waals surface area contributed by atoms with Gasteiger partial charge in [0.2, 0.25) is 5.28 Å². The molecule has 3 heterocycles. The van der Waals surface area contributed by atoms with Crippen molar-refractivity contribution in [2.24, 2.45) is 0 Å². The quantitative estimate of drug-likeness (QED) is 0.746. The number of nitrogens with zero attached hydrogens (tertiary/aromatic N) is 3. The van der Waals surface area contributed by atoms with Crippen molar-refractivity contribution in [3.8, 4) is 0 Å². The fourth-order valence-electron chi connectivity index (χ4n) is 4.00. The van der Waals surface area contributed by atoms with Crippen molar-refractivity contribution < 1.29 is 18.6 Å². The summed E-state index contributed by atoms with van der Waals surface area (Å²) in [5, 5.41) is 0.0166. The molecule has 2 saturated heterocycles. The van der Waals surface area contributed by atoms with Gasteiger partial charge < -0.3 is 14.4 Å². The van der Waals surface area contributed by atoms with Crippen LogP contribution in [-0.4, -0.2) is 63.3 Å². The molecule has 4 rings (SSSR count). The Morgan fingerprint density at radius 1 is 1.19 bits per heavy atom. The molecule has 0 bridgehead atoms. The molecule has 1 aromatic rings. The van der Waals surface area contributed by atoms with Crippen molar-refractivity contribution in [3.63, 3.8) is 0 Å². The lowest BCUT2D eigenvalue weighted by Gasteiger charge is -2.48. The van der Waals surface area contributed by atoms with Crippen molar-refractivity contribution in [2.45, 2.75) is 48.6 Å². The molecule has 2 N–H and O–H groups in total. The molecule has 3 fully saturated rings. The van der Waals surface area contributed by atoms with Gasteiger partial charge >= 0.3 is 0 Å². The van der Waals surface area contributed by atoms with Gasteiger partial charge in [-0.3, -0.25) is 9.11 Å². The van der Waals surface area contributed by atoms with E-state index in [1.54, 1.807) is 0 Å². The van der Waals surface area contributed by atoms with Crippen LogP contribution in [0.1, 0.15) is 38.3 Å². The molecule has 0 spiro atoms. The molecule has 26 heavy (non-hydrogen) atoms. The second-order valence-corrected chi connectivity index (χ2v) is 10.4. The second kappa shape index (κ2) is 7.07. The maximum Gasteiger partial charge on any atom is 0.224 e. The largest absolute Gasteiger partial charge is 0.381 e. The molecule has 2 aliphatic heterocycles. The zero-order chi connectivity index (χ0) is 18.4. The minimum Gasteiger partial charge on any atom is -0.381 e. The lowest BCUT2D eigenvalue weighted by Crippen LogP contribution is -2.44. The lowest BCUT2D eigenvalue weighted by molar-refractivity contribution is 0.0962. The molecule has 9 heteroatoms. The molecule has 0 radical (unpaired) electrons. The number of hydrogen-bond acceptors (Lipinski definition) is 7. The van der Waals surface area contributed by atoms with Gasteiger partial charge in [0.15, 0.2) is 0 Å². The summed E-state index contributed by atoms with van der Waals surface area (Å²) in [4.78, 5) is 11.0. The van der Waals surface area contributed by atoms with Crippen LogP contribution in [0.4, 0.5) is 5.82 Å².